The third kappa shape index (κ3) is 3.68. The van der Waals surface area contributed by atoms with Gasteiger partial charge in [0.25, 0.3) is 5.88 Å². The molecule has 0 saturated carbocycles. The summed E-state index contributed by atoms with van der Waals surface area (Å²) in [6.45, 7) is 2.38. The van der Waals surface area contributed by atoms with Crippen LogP contribution in [0.15, 0.2) is 15.1 Å². The summed E-state index contributed by atoms with van der Waals surface area (Å²) in [6.07, 6.45) is 0.648. The first kappa shape index (κ1) is 17.9. The first-order valence-electron chi connectivity index (χ1n) is 8.31. The van der Waals surface area contributed by atoms with Crippen LogP contribution in [0.3, 0.4) is 0 Å². The van der Waals surface area contributed by atoms with Gasteiger partial charge in [0.2, 0.25) is 17.7 Å². The quantitative estimate of drug-likeness (QED) is 0.777. The number of ether oxygens (including phenoxy) is 1. The zero-order chi connectivity index (χ0) is 18.7. The highest BCUT2D eigenvalue weighted by Crippen LogP contribution is 2.32. The molecule has 2 aromatic heterocycles. The number of carbonyl (C=O) groups is 2. The minimum Gasteiger partial charge on any atom is -0.479 e. The minimum absolute atomic E-state index is 0.0759. The number of rotatable bonds is 6. The molecule has 3 heterocycles. The van der Waals surface area contributed by atoms with Gasteiger partial charge in [-0.2, -0.15) is 4.98 Å². The Morgan fingerprint density at radius 2 is 2.15 bits per heavy atom. The molecule has 0 radical (unpaired) electrons. The van der Waals surface area contributed by atoms with Crippen molar-refractivity contribution in [2.45, 2.75) is 25.7 Å². The number of hydrogen-bond acceptors (Lipinski definition) is 8. The predicted molar refractivity (Wildman–Crippen MR) is 87.3 cm³/mol. The Labute approximate surface area is 149 Å². The van der Waals surface area contributed by atoms with Crippen molar-refractivity contribution in [1.82, 2.24) is 25.5 Å². The Morgan fingerprint density at radius 3 is 2.77 bits per heavy atom. The molecule has 2 unspecified atom stereocenters. The van der Waals surface area contributed by atoms with Gasteiger partial charge in [0, 0.05) is 39.0 Å². The van der Waals surface area contributed by atoms with Gasteiger partial charge in [-0.3, -0.25) is 9.59 Å². The van der Waals surface area contributed by atoms with E-state index in [-0.39, 0.29) is 24.2 Å². The van der Waals surface area contributed by atoms with E-state index in [1.54, 1.807) is 24.9 Å². The second-order valence-electron chi connectivity index (χ2n) is 6.14. The molecule has 0 aliphatic carbocycles. The van der Waals surface area contributed by atoms with E-state index in [1.165, 1.54) is 7.11 Å². The monoisotopic (exact) mass is 363 g/mol. The van der Waals surface area contributed by atoms with Crippen molar-refractivity contribution in [1.29, 1.82) is 0 Å². The largest absolute Gasteiger partial charge is 0.479 e. The number of nitrogens with one attached hydrogen (secondary N) is 1. The molecule has 140 valence electrons. The first-order valence-corrected chi connectivity index (χ1v) is 8.31. The van der Waals surface area contributed by atoms with E-state index in [9.17, 15) is 9.59 Å². The third-order valence-corrected chi connectivity index (χ3v) is 4.45. The summed E-state index contributed by atoms with van der Waals surface area (Å²) < 4.78 is 15.3. The molecule has 2 aromatic rings. The Hall–Kier alpha value is -2.91. The Balaban J connectivity index is 1.65. The molecule has 1 saturated heterocycles. The first-order chi connectivity index (χ1) is 12.5. The lowest BCUT2D eigenvalue weighted by Crippen LogP contribution is -2.33. The summed E-state index contributed by atoms with van der Waals surface area (Å²) in [6, 6.07) is 1.65. The van der Waals surface area contributed by atoms with Gasteiger partial charge in [-0.25, -0.2) is 0 Å². The molecule has 1 fully saturated rings. The van der Waals surface area contributed by atoms with Crippen LogP contribution >= 0.6 is 0 Å². The van der Waals surface area contributed by atoms with Crippen molar-refractivity contribution in [2.75, 3.05) is 27.2 Å². The van der Waals surface area contributed by atoms with Gasteiger partial charge < -0.3 is 24.0 Å². The van der Waals surface area contributed by atoms with Crippen LogP contribution in [0.5, 0.6) is 5.88 Å². The zero-order valence-electron chi connectivity index (χ0n) is 14.9. The highest BCUT2D eigenvalue weighted by molar-refractivity contribution is 5.83. The lowest BCUT2D eigenvalue weighted by atomic mass is 9.95. The molecule has 2 amide bonds. The molecule has 0 aromatic carbocycles. The smallest absolute Gasteiger partial charge is 0.254 e. The molecule has 10 heteroatoms. The van der Waals surface area contributed by atoms with Gasteiger partial charge in [-0.15, -0.1) is 0 Å². The maximum absolute atomic E-state index is 12.6. The van der Waals surface area contributed by atoms with Crippen LogP contribution in [0.2, 0.25) is 0 Å². The van der Waals surface area contributed by atoms with E-state index in [0.717, 1.165) is 0 Å². The van der Waals surface area contributed by atoms with Gasteiger partial charge in [-0.05, 0) is 12.1 Å². The molecule has 26 heavy (non-hydrogen) atoms. The summed E-state index contributed by atoms with van der Waals surface area (Å²) in [7, 11) is 3.07. The summed E-state index contributed by atoms with van der Waals surface area (Å²) in [5.41, 5.74) is 0. The number of carbonyl (C=O) groups excluding carboxylic acids is 2. The lowest BCUT2D eigenvalue weighted by Gasteiger charge is -2.15. The molecule has 1 N–H and O–H groups in total. The molecule has 1 aliphatic rings. The van der Waals surface area contributed by atoms with Gasteiger partial charge in [0.15, 0.2) is 5.82 Å². The highest BCUT2D eigenvalue weighted by atomic mass is 16.5. The number of hydrogen-bond donors (Lipinski definition) is 1. The van der Waals surface area contributed by atoms with Crippen LogP contribution in [0.1, 0.15) is 29.8 Å². The number of likely N-dealkylation sites (tertiary alicyclic amines) is 1. The fourth-order valence-electron chi connectivity index (χ4n) is 3.07. The topological polar surface area (TPSA) is 124 Å². The van der Waals surface area contributed by atoms with Crippen molar-refractivity contribution in [3.8, 4) is 5.88 Å². The number of nitrogens with zero attached hydrogens (tertiary/aromatic N) is 4. The van der Waals surface area contributed by atoms with Crippen molar-refractivity contribution in [2.24, 2.45) is 5.92 Å². The maximum Gasteiger partial charge on any atom is 0.254 e. The van der Waals surface area contributed by atoms with Gasteiger partial charge >= 0.3 is 0 Å². The fourth-order valence-corrected chi connectivity index (χ4v) is 3.07. The second kappa shape index (κ2) is 7.54. The Morgan fingerprint density at radius 1 is 1.35 bits per heavy atom. The molecular weight excluding hydrogens is 342 g/mol. The van der Waals surface area contributed by atoms with E-state index < -0.39 is 5.92 Å². The molecule has 2 atom stereocenters. The summed E-state index contributed by atoms with van der Waals surface area (Å²) in [4.78, 5) is 30.7. The fraction of sp³-hybridized carbons (Fsp3) is 0.562. The number of amides is 2. The van der Waals surface area contributed by atoms with E-state index in [4.69, 9.17) is 13.8 Å². The zero-order valence-corrected chi connectivity index (χ0v) is 14.9. The summed E-state index contributed by atoms with van der Waals surface area (Å²) >= 11 is 0. The van der Waals surface area contributed by atoms with Gasteiger partial charge in [0.05, 0.1) is 18.9 Å². The molecule has 10 nitrogen and oxygen atoms in total. The van der Waals surface area contributed by atoms with E-state index >= 15 is 0 Å². The molecule has 1 aliphatic heterocycles. The van der Waals surface area contributed by atoms with E-state index in [1.807, 2.05) is 0 Å². The van der Waals surface area contributed by atoms with Crippen molar-refractivity contribution < 1.29 is 23.4 Å². The average molecular weight is 363 g/mol. The second-order valence-corrected chi connectivity index (χ2v) is 6.14. The highest BCUT2D eigenvalue weighted by Gasteiger charge is 2.42. The van der Waals surface area contributed by atoms with Gasteiger partial charge in [-0.1, -0.05) is 5.16 Å². The van der Waals surface area contributed by atoms with E-state index in [0.29, 0.717) is 42.9 Å². The van der Waals surface area contributed by atoms with Crippen LogP contribution in [0.4, 0.5) is 0 Å². The normalized spacial score (nSPS) is 19.6. The summed E-state index contributed by atoms with van der Waals surface area (Å²) in [5, 5.41) is 10.1. The van der Waals surface area contributed by atoms with Crippen molar-refractivity contribution in [3.05, 3.63) is 23.5 Å². The van der Waals surface area contributed by atoms with Crippen molar-refractivity contribution >= 4 is 11.8 Å². The van der Waals surface area contributed by atoms with Crippen LogP contribution < -0.4 is 10.1 Å². The summed E-state index contributed by atoms with van der Waals surface area (Å²) in [5.74, 6) is 0.862. The lowest BCUT2D eigenvalue weighted by molar-refractivity contribution is -0.130. The number of methoxy groups -OCH3 is 1. The standard InChI is InChI=1S/C16H21N5O5/c1-9-18-16(26-19-9)12-8-21(7-11(12)15(23)17-2)14(22)5-4-10-6-13(24-3)20-25-10/h6,11-12H,4-5,7-8H2,1-3H3,(H,17,23). The number of aryl methyl sites for hydroxylation is 2. The number of aromatic nitrogens is 3. The SMILES string of the molecule is CNC(=O)C1CN(C(=O)CCc2cc(OC)no2)CC1c1nc(C)no1. The molecular formula is C16H21N5O5. The Kier molecular flexibility index (Phi) is 5.19. The van der Waals surface area contributed by atoms with Crippen LogP contribution in [-0.2, 0) is 16.0 Å². The third-order valence-electron chi connectivity index (χ3n) is 4.45. The van der Waals surface area contributed by atoms with Crippen LogP contribution in [0.25, 0.3) is 0 Å². The average Bonchev–Trinajstić information content (AvgIpc) is 3.37. The van der Waals surface area contributed by atoms with E-state index in [2.05, 4.69) is 20.6 Å². The van der Waals surface area contributed by atoms with Gasteiger partial charge in [0.1, 0.15) is 5.76 Å². The van der Waals surface area contributed by atoms with Crippen molar-refractivity contribution in [3.63, 3.8) is 0 Å². The minimum atomic E-state index is -0.422. The van der Waals surface area contributed by atoms with Crippen LogP contribution in [0, 0.1) is 12.8 Å². The Bertz CT molecular complexity index is 786. The predicted octanol–water partition coefficient (Wildman–Crippen LogP) is 0.295. The molecule has 0 spiro atoms. The molecule has 3 rings (SSSR count). The van der Waals surface area contributed by atoms with Crippen LogP contribution in [-0.4, -0.2) is 59.3 Å². The molecule has 0 bridgehead atoms. The maximum atomic E-state index is 12.6.